The van der Waals surface area contributed by atoms with Crippen molar-refractivity contribution in [3.05, 3.63) is 236 Å². The number of rotatable bonds is 8. The number of hydrogen-bond acceptors (Lipinski definition) is 1. The van der Waals surface area contributed by atoms with Crippen LogP contribution >= 0.6 is 0 Å². The van der Waals surface area contributed by atoms with Crippen LogP contribution in [0.1, 0.15) is 5.48 Å². The Morgan fingerprint density at radius 3 is 1.58 bits per heavy atom. The summed E-state index contributed by atoms with van der Waals surface area (Å²) in [7, 11) is 0. The van der Waals surface area contributed by atoms with E-state index >= 15 is 0 Å². The van der Waals surface area contributed by atoms with Gasteiger partial charge >= 0.3 is 0 Å². The molecule has 0 amide bonds. The van der Waals surface area contributed by atoms with Crippen molar-refractivity contribution in [2.45, 2.75) is 0 Å². The number of hydrogen-bond donors (Lipinski definition) is 0. The largest absolute Gasteiger partial charge is 0.310 e. The first-order valence-corrected chi connectivity index (χ1v) is 19.3. The molecule has 1 nitrogen and oxygen atoms in total. The van der Waals surface area contributed by atoms with Gasteiger partial charge in [-0.05, 0) is 126 Å². The maximum atomic E-state index is 9.64. The van der Waals surface area contributed by atoms with E-state index in [4.69, 9.17) is 0 Å². The molecule has 0 spiro atoms. The molecule has 0 N–H and O–H groups in total. The van der Waals surface area contributed by atoms with Crippen molar-refractivity contribution in [3.8, 4) is 55.6 Å². The summed E-state index contributed by atoms with van der Waals surface area (Å²) in [5, 5.41) is 4.57. The molecular weight excluding hydrogens is 687 g/mol. The summed E-state index contributed by atoms with van der Waals surface area (Å²) in [5.41, 5.74) is 10.8. The summed E-state index contributed by atoms with van der Waals surface area (Å²) < 4.78 is 38.2. The molecule has 0 unspecified atom stereocenters. The lowest BCUT2D eigenvalue weighted by molar-refractivity contribution is 1.28. The molecule has 0 aliphatic carbocycles. The summed E-state index contributed by atoms with van der Waals surface area (Å²) in [6.45, 7) is 0. The van der Waals surface area contributed by atoms with Crippen molar-refractivity contribution < 1.29 is 5.48 Å². The molecule has 0 aromatic heterocycles. The van der Waals surface area contributed by atoms with Crippen molar-refractivity contribution in [3.63, 3.8) is 0 Å². The van der Waals surface area contributed by atoms with Crippen LogP contribution in [0.4, 0.5) is 17.1 Å². The third kappa shape index (κ3) is 6.77. The Morgan fingerprint density at radius 2 is 0.825 bits per heavy atom. The molecule has 0 atom stereocenters. The molecular formula is C56H39N. The molecule has 0 radical (unpaired) electrons. The average Bonchev–Trinajstić information content (AvgIpc) is 3.32. The fourth-order valence-electron chi connectivity index (χ4n) is 7.87. The SMILES string of the molecule is [2H]c1c([2H])c(N(c2ccc(-c3c(-c4ccccc4)ccc4ccccc34)cc2)c2cccc(-c3ccc4ccccc4c3)c2)c([2H])c([2H])c1-c1cccc(-c2ccccc2)c1. The van der Waals surface area contributed by atoms with Crippen LogP contribution in [0.25, 0.3) is 77.2 Å². The van der Waals surface area contributed by atoms with Crippen LogP contribution in [-0.4, -0.2) is 0 Å². The van der Waals surface area contributed by atoms with Gasteiger partial charge < -0.3 is 4.90 Å². The number of anilines is 3. The summed E-state index contributed by atoms with van der Waals surface area (Å²) >= 11 is 0. The molecule has 0 aliphatic rings. The van der Waals surface area contributed by atoms with Gasteiger partial charge in [0, 0.05) is 17.1 Å². The molecule has 0 fully saturated rings. The number of benzene rings is 10. The lowest BCUT2D eigenvalue weighted by Gasteiger charge is -2.27. The van der Waals surface area contributed by atoms with Gasteiger partial charge in [-0.3, -0.25) is 0 Å². The minimum absolute atomic E-state index is 0.100. The maximum absolute atomic E-state index is 9.64. The summed E-state index contributed by atoms with van der Waals surface area (Å²) in [6.07, 6.45) is 0. The van der Waals surface area contributed by atoms with Gasteiger partial charge in [0.05, 0.1) is 5.48 Å². The standard InChI is InChI=1S/C56H39N/c1-3-13-40(14-4-1)47-20-11-21-48(37-47)42-27-32-51(33-28-42)57(53-23-12-22-49(39-53)50-26-25-41-15-7-8-19-46(41)38-50)52-34-29-45(30-35-52)56-54-24-10-9-18-44(54)31-36-55(56)43-16-5-2-6-17-43/h1-39H/i27D,28D,32D,33D. The Hall–Kier alpha value is -7.48. The maximum Gasteiger partial charge on any atom is 0.0645 e. The average molecular weight is 730 g/mol. The highest BCUT2D eigenvalue weighted by molar-refractivity contribution is 6.04. The van der Waals surface area contributed by atoms with Crippen molar-refractivity contribution in [2.24, 2.45) is 0 Å². The van der Waals surface area contributed by atoms with E-state index in [0.717, 1.165) is 66.1 Å². The van der Waals surface area contributed by atoms with Crippen LogP contribution in [0.3, 0.4) is 0 Å². The first-order chi connectivity index (χ1) is 29.9. The monoisotopic (exact) mass is 729 g/mol. The van der Waals surface area contributed by atoms with Crippen molar-refractivity contribution in [1.82, 2.24) is 0 Å². The van der Waals surface area contributed by atoms with Gasteiger partial charge in [-0.25, -0.2) is 0 Å². The van der Waals surface area contributed by atoms with E-state index in [9.17, 15) is 5.48 Å². The van der Waals surface area contributed by atoms with E-state index in [1.54, 1.807) is 0 Å². The first kappa shape index (κ1) is 29.8. The lowest BCUT2D eigenvalue weighted by Crippen LogP contribution is -2.10. The quantitative estimate of drug-likeness (QED) is 0.151. The Bertz CT molecular complexity index is 3210. The number of nitrogens with zero attached hydrogens (tertiary/aromatic N) is 1. The molecule has 0 bridgehead atoms. The zero-order valence-electron chi connectivity index (χ0n) is 35.2. The zero-order valence-corrected chi connectivity index (χ0v) is 31.2. The van der Waals surface area contributed by atoms with Gasteiger partial charge in [0.1, 0.15) is 0 Å². The molecule has 0 saturated carbocycles. The van der Waals surface area contributed by atoms with Gasteiger partial charge in [-0.2, -0.15) is 0 Å². The molecule has 1 heteroatoms. The lowest BCUT2D eigenvalue weighted by atomic mass is 9.89. The van der Waals surface area contributed by atoms with E-state index in [0.29, 0.717) is 16.9 Å². The van der Waals surface area contributed by atoms with Crippen LogP contribution < -0.4 is 4.90 Å². The van der Waals surface area contributed by atoms with E-state index in [1.165, 1.54) is 0 Å². The predicted octanol–water partition coefficient (Wildman–Crippen LogP) is 15.8. The highest BCUT2D eigenvalue weighted by Crippen LogP contribution is 2.42. The second kappa shape index (κ2) is 15.0. The van der Waals surface area contributed by atoms with Crippen LogP contribution in [0.2, 0.25) is 0 Å². The Morgan fingerprint density at radius 1 is 0.281 bits per heavy atom. The summed E-state index contributed by atoms with van der Waals surface area (Å²) in [5.74, 6) is 0. The molecule has 10 aromatic carbocycles. The van der Waals surface area contributed by atoms with E-state index in [2.05, 4.69) is 115 Å². The van der Waals surface area contributed by atoms with E-state index in [1.807, 2.05) is 102 Å². The summed E-state index contributed by atoms with van der Waals surface area (Å²) in [6, 6.07) is 71.5. The van der Waals surface area contributed by atoms with E-state index < -0.39 is 0 Å². The molecule has 0 aliphatic heterocycles. The molecule has 10 aromatic rings. The van der Waals surface area contributed by atoms with Crippen molar-refractivity contribution in [1.29, 1.82) is 0 Å². The number of fused-ring (bicyclic) bond motifs is 2. The van der Waals surface area contributed by atoms with Gasteiger partial charge in [0.2, 0.25) is 0 Å². The van der Waals surface area contributed by atoms with E-state index in [-0.39, 0.29) is 35.4 Å². The molecule has 0 heterocycles. The third-order valence-electron chi connectivity index (χ3n) is 10.7. The predicted molar refractivity (Wildman–Crippen MR) is 243 cm³/mol. The van der Waals surface area contributed by atoms with Gasteiger partial charge in [-0.1, -0.05) is 188 Å². The molecule has 0 saturated heterocycles. The second-order valence-electron chi connectivity index (χ2n) is 14.2. The fourth-order valence-corrected chi connectivity index (χ4v) is 7.87. The zero-order chi connectivity index (χ0) is 41.5. The Labute approximate surface area is 340 Å². The topological polar surface area (TPSA) is 3.24 Å². The van der Waals surface area contributed by atoms with Crippen molar-refractivity contribution in [2.75, 3.05) is 4.90 Å². The van der Waals surface area contributed by atoms with Crippen LogP contribution in [-0.2, 0) is 0 Å². The molecule has 268 valence electrons. The Kier molecular flexibility index (Phi) is 7.84. The molecule has 10 rings (SSSR count). The fraction of sp³-hybridized carbons (Fsp3) is 0. The van der Waals surface area contributed by atoms with Crippen molar-refractivity contribution >= 4 is 38.6 Å². The highest BCUT2D eigenvalue weighted by Gasteiger charge is 2.17. The van der Waals surface area contributed by atoms with Gasteiger partial charge in [0.25, 0.3) is 0 Å². The minimum Gasteiger partial charge on any atom is -0.310 e. The normalized spacial score (nSPS) is 12.1. The Balaban J connectivity index is 1.15. The summed E-state index contributed by atoms with van der Waals surface area (Å²) in [4.78, 5) is 1.88. The second-order valence-corrected chi connectivity index (χ2v) is 14.2. The van der Waals surface area contributed by atoms with Crippen LogP contribution in [0.5, 0.6) is 0 Å². The third-order valence-corrected chi connectivity index (χ3v) is 10.7. The van der Waals surface area contributed by atoms with Gasteiger partial charge in [0.15, 0.2) is 0 Å². The first-order valence-electron chi connectivity index (χ1n) is 21.3. The highest BCUT2D eigenvalue weighted by atomic mass is 15.1. The minimum atomic E-state index is -0.123. The smallest absolute Gasteiger partial charge is 0.0645 e. The van der Waals surface area contributed by atoms with Gasteiger partial charge in [-0.15, -0.1) is 0 Å². The van der Waals surface area contributed by atoms with Crippen LogP contribution in [0.15, 0.2) is 236 Å². The molecule has 57 heavy (non-hydrogen) atoms. The van der Waals surface area contributed by atoms with Crippen LogP contribution in [0, 0.1) is 0 Å².